The maximum absolute atomic E-state index is 12.1. The molecule has 1 aromatic rings. The molecule has 0 saturated carbocycles. The average molecular weight is 858 g/mol. The molecule has 0 aliphatic rings. The average Bonchev–Trinajstić information content (AvgIpc) is 3.18. The molecule has 19 heteroatoms. The van der Waals surface area contributed by atoms with Crippen LogP contribution < -0.4 is 0 Å². The number of amides is 1. The van der Waals surface area contributed by atoms with Gasteiger partial charge < -0.3 is 66.5 Å². The Hall–Kier alpha value is -2.08. The zero-order valence-electron chi connectivity index (χ0n) is 35.5. The van der Waals surface area contributed by atoms with Gasteiger partial charge in [0.05, 0.1) is 170 Å². The highest BCUT2D eigenvalue weighted by Crippen LogP contribution is 2.13. The van der Waals surface area contributed by atoms with Crippen LogP contribution >= 0.6 is 0 Å². The van der Waals surface area contributed by atoms with Crippen LogP contribution in [0.1, 0.15) is 26.3 Å². The summed E-state index contributed by atoms with van der Waals surface area (Å²) in [6, 6.07) is 6.47. The number of ether oxygens (including phenoxy) is 13. The summed E-state index contributed by atoms with van der Waals surface area (Å²) >= 11 is 0. The first-order valence-corrected chi connectivity index (χ1v) is 21.3. The van der Waals surface area contributed by atoms with E-state index in [1.165, 1.54) is 17.0 Å². The molecule has 58 heavy (non-hydrogen) atoms. The van der Waals surface area contributed by atoms with Crippen LogP contribution in [-0.2, 0) is 75.9 Å². The summed E-state index contributed by atoms with van der Waals surface area (Å²) in [7, 11) is -2.11. The van der Waals surface area contributed by atoms with Crippen LogP contribution in [0, 0.1) is 6.92 Å². The van der Waals surface area contributed by atoms with Crippen molar-refractivity contribution in [3.63, 3.8) is 0 Å². The molecule has 0 aliphatic heterocycles. The molecule has 0 N–H and O–H groups in total. The molecule has 0 radical (unpaired) electrons. The summed E-state index contributed by atoms with van der Waals surface area (Å²) in [6.07, 6.45) is -0.371. The van der Waals surface area contributed by atoms with Crippen LogP contribution in [0.25, 0.3) is 0 Å². The lowest BCUT2D eigenvalue weighted by Gasteiger charge is -2.24. The Morgan fingerprint density at radius 3 is 1.00 bits per heavy atom. The van der Waals surface area contributed by atoms with Crippen molar-refractivity contribution < 1.29 is 79.0 Å². The second kappa shape index (κ2) is 36.7. The van der Waals surface area contributed by atoms with E-state index >= 15 is 0 Å². The Balaban J connectivity index is 1.67. The van der Waals surface area contributed by atoms with E-state index in [1.807, 2.05) is 27.7 Å². The fourth-order valence-electron chi connectivity index (χ4n) is 4.13. The van der Waals surface area contributed by atoms with Gasteiger partial charge in [-0.1, -0.05) is 17.7 Å². The van der Waals surface area contributed by atoms with Crippen molar-refractivity contribution in [1.29, 1.82) is 0 Å². The Morgan fingerprint density at radius 1 is 0.466 bits per heavy atom. The van der Waals surface area contributed by atoms with Gasteiger partial charge >= 0.3 is 6.09 Å². The van der Waals surface area contributed by atoms with Crippen molar-refractivity contribution in [2.75, 3.05) is 179 Å². The maximum atomic E-state index is 12.1. The third-order valence-electron chi connectivity index (χ3n) is 7.14. The first-order valence-electron chi connectivity index (χ1n) is 19.8. The van der Waals surface area contributed by atoms with Crippen LogP contribution in [0.5, 0.6) is 0 Å². The largest absolute Gasteiger partial charge is 0.444 e. The third kappa shape index (κ3) is 34.8. The molecule has 0 spiro atoms. The monoisotopic (exact) mass is 857 g/mol. The second-order valence-corrected chi connectivity index (χ2v) is 15.0. The molecule has 340 valence electrons. The number of aryl methyl sites for hydroxylation is 1. The molecule has 0 unspecified atom stereocenters. The topological polar surface area (TPSA) is 184 Å². The van der Waals surface area contributed by atoms with E-state index < -0.39 is 15.7 Å². The van der Waals surface area contributed by atoms with Crippen molar-refractivity contribution in [2.24, 2.45) is 0 Å². The lowest BCUT2D eigenvalue weighted by molar-refractivity contribution is -0.0286. The molecule has 0 bridgehead atoms. The number of carbonyl (C=O) groups excluding carboxylic acids is 1. The lowest BCUT2D eigenvalue weighted by Crippen LogP contribution is -2.36. The number of likely N-dealkylation sites (N-methyl/N-ethyl adjacent to an activating group) is 1. The molecular weight excluding hydrogens is 786 g/mol. The normalized spacial score (nSPS) is 12.0. The van der Waals surface area contributed by atoms with Gasteiger partial charge in [-0.05, 0) is 39.8 Å². The molecule has 1 amide bonds. The quantitative estimate of drug-likeness (QED) is 0.0692. The first kappa shape index (κ1) is 53.9. The summed E-state index contributed by atoms with van der Waals surface area (Å²) in [5.74, 6) is 0. The first-order chi connectivity index (χ1) is 28.0. The zero-order chi connectivity index (χ0) is 42.4. The molecule has 1 rings (SSSR count). The molecule has 0 heterocycles. The summed E-state index contributed by atoms with van der Waals surface area (Å²) in [5.41, 5.74) is 0.453. The van der Waals surface area contributed by atoms with Gasteiger partial charge in [0, 0.05) is 13.6 Å². The lowest BCUT2D eigenvalue weighted by atomic mass is 10.2. The summed E-state index contributed by atoms with van der Waals surface area (Å²) < 4.78 is 100. The highest BCUT2D eigenvalue weighted by molar-refractivity contribution is 7.86. The molecule has 0 aliphatic carbocycles. The van der Waals surface area contributed by atoms with Gasteiger partial charge in [-0.25, -0.2) is 4.79 Å². The van der Waals surface area contributed by atoms with E-state index in [0.717, 1.165) is 5.56 Å². The van der Waals surface area contributed by atoms with Crippen LogP contribution in [0.15, 0.2) is 29.2 Å². The van der Waals surface area contributed by atoms with Gasteiger partial charge in [0.15, 0.2) is 0 Å². The van der Waals surface area contributed by atoms with E-state index in [2.05, 4.69) is 0 Å². The molecular formula is C39H71NO17S. The number of nitrogens with zero attached hydrogens (tertiary/aromatic N) is 1. The van der Waals surface area contributed by atoms with E-state index in [4.69, 9.17) is 65.8 Å². The van der Waals surface area contributed by atoms with E-state index in [-0.39, 0.29) is 24.2 Å². The van der Waals surface area contributed by atoms with Crippen molar-refractivity contribution in [2.45, 2.75) is 38.2 Å². The molecule has 0 atom stereocenters. The summed E-state index contributed by atoms with van der Waals surface area (Å²) in [4.78, 5) is 13.5. The van der Waals surface area contributed by atoms with Crippen LogP contribution in [-0.4, -0.2) is 204 Å². The number of benzene rings is 1. The molecule has 1 aromatic carbocycles. The van der Waals surface area contributed by atoms with Gasteiger partial charge in [-0.3, -0.25) is 4.18 Å². The highest BCUT2D eigenvalue weighted by atomic mass is 32.2. The van der Waals surface area contributed by atoms with Crippen molar-refractivity contribution >= 4 is 16.2 Å². The van der Waals surface area contributed by atoms with Gasteiger partial charge in [0.25, 0.3) is 10.1 Å². The van der Waals surface area contributed by atoms with E-state index in [9.17, 15) is 13.2 Å². The smallest absolute Gasteiger partial charge is 0.410 e. The minimum Gasteiger partial charge on any atom is -0.444 e. The van der Waals surface area contributed by atoms with Crippen molar-refractivity contribution in [1.82, 2.24) is 4.90 Å². The van der Waals surface area contributed by atoms with Crippen LogP contribution in [0.3, 0.4) is 0 Å². The maximum Gasteiger partial charge on any atom is 0.410 e. The van der Waals surface area contributed by atoms with E-state index in [0.29, 0.717) is 159 Å². The summed E-state index contributed by atoms with van der Waals surface area (Å²) in [6.45, 7) is 18.2. The Bertz CT molecular complexity index is 1190. The number of hydrogen-bond acceptors (Lipinski definition) is 17. The standard InChI is InChI=1S/C39H71NO17S/c1-36-6-8-37(9-7-36)58(42,43)56-35-34-55-33-32-54-31-30-53-29-28-52-27-26-51-25-24-50-23-22-49-21-20-48-19-18-47-17-16-46-15-14-45-13-12-44-11-10-40(5)38(41)57-39(2,3)4/h6-9H,10-35H2,1-5H3. The van der Waals surface area contributed by atoms with Crippen molar-refractivity contribution in [3.05, 3.63) is 29.8 Å². The van der Waals surface area contributed by atoms with Gasteiger partial charge in [-0.15, -0.1) is 0 Å². The number of hydrogen-bond donors (Lipinski definition) is 0. The van der Waals surface area contributed by atoms with Crippen LogP contribution in [0.4, 0.5) is 4.79 Å². The number of carbonyl (C=O) groups is 1. The molecule has 0 saturated heterocycles. The van der Waals surface area contributed by atoms with Crippen LogP contribution in [0.2, 0.25) is 0 Å². The number of rotatable bonds is 41. The predicted molar refractivity (Wildman–Crippen MR) is 213 cm³/mol. The molecule has 0 fully saturated rings. The Morgan fingerprint density at radius 2 is 0.724 bits per heavy atom. The SMILES string of the molecule is Cc1ccc(S(=O)(=O)OCCOCCOCCOCCOCCOCCOCCOCCOCCOCCOCCOCCOCCN(C)C(=O)OC(C)(C)C)cc1. The fraction of sp³-hybridized carbons (Fsp3) is 0.821. The third-order valence-corrected chi connectivity index (χ3v) is 8.47. The van der Waals surface area contributed by atoms with Gasteiger partial charge in [0.1, 0.15) is 5.60 Å². The second-order valence-electron chi connectivity index (χ2n) is 13.3. The molecule has 0 aromatic heterocycles. The minimum atomic E-state index is -3.78. The Kier molecular flexibility index (Phi) is 34.2. The molecule has 18 nitrogen and oxygen atoms in total. The van der Waals surface area contributed by atoms with E-state index in [1.54, 1.807) is 19.2 Å². The van der Waals surface area contributed by atoms with Gasteiger partial charge in [0.2, 0.25) is 0 Å². The highest BCUT2D eigenvalue weighted by Gasteiger charge is 2.19. The van der Waals surface area contributed by atoms with Crippen molar-refractivity contribution in [3.8, 4) is 0 Å². The fourth-order valence-corrected chi connectivity index (χ4v) is 5.02. The minimum absolute atomic E-state index is 0.0657. The summed E-state index contributed by atoms with van der Waals surface area (Å²) in [5, 5.41) is 0. The zero-order valence-corrected chi connectivity index (χ0v) is 36.3. The Labute approximate surface area is 346 Å². The predicted octanol–water partition coefficient (Wildman–Crippen LogP) is 2.77. The van der Waals surface area contributed by atoms with Gasteiger partial charge in [-0.2, -0.15) is 8.42 Å².